The number of nitrogens with zero attached hydrogens (tertiary/aromatic N) is 6. The van der Waals surface area contributed by atoms with E-state index in [9.17, 15) is 0 Å². The van der Waals surface area contributed by atoms with Gasteiger partial charge in [0.15, 0.2) is 0 Å². The number of fused-ring (bicyclic) bond motifs is 2. The molecule has 0 fully saturated rings. The summed E-state index contributed by atoms with van der Waals surface area (Å²) in [5.74, 6) is 0. The number of aromatic nitrogens is 4. The second-order valence-electron chi connectivity index (χ2n) is 5.70. The molecule has 0 bridgehead atoms. The van der Waals surface area contributed by atoms with Crippen LogP contribution in [0.25, 0.3) is 21.5 Å². The summed E-state index contributed by atoms with van der Waals surface area (Å²) in [5, 5.41) is 20.5. The quantitative estimate of drug-likeness (QED) is 0.413. The molecule has 0 saturated carbocycles. The van der Waals surface area contributed by atoms with Crippen molar-refractivity contribution in [2.75, 3.05) is 13.1 Å². The standard InChI is InChI=1S/C20H16N6/c1-3-7-17-15(5-1)11-23-25-19(17)13-21-9-10-22-14-20-18-8-4-2-6-16(18)12-24-26-20/h1-8,11-14H,9-10H2. The Morgan fingerprint density at radius 3 is 1.62 bits per heavy atom. The zero-order valence-corrected chi connectivity index (χ0v) is 14.0. The van der Waals surface area contributed by atoms with Gasteiger partial charge in [0.2, 0.25) is 0 Å². The highest BCUT2D eigenvalue weighted by atomic mass is 15.1. The molecule has 6 heteroatoms. The lowest BCUT2D eigenvalue weighted by atomic mass is 10.1. The third-order valence-electron chi connectivity index (χ3n) is 3.98. The largest absolute Gasteiger partial charge is 0.289 e. The second kappa shape index (κ2) is 7.57. The van der Waals surface area contributed by atoms with Crippen molar-refractivity contribution in [3.63, 3.8) is 0 Å². The molecule has 0 spiro atoms. The summed E-state index contributed by atoms with van der Waals surface area (Å²) < 4.78 is 0. The van der Waals surface area contributed by atoms with Crippen LogP contribution in [-0.2, 0) is 0 Å². The van der Waals surface area contributed by atoms with E-state index in [0.29, 0.717) is 13.1 Å². The molecule has 6 nitrogen and oxygen atoms in total. The van der Waals surface area contributed by atoms with Crippen LogP contribution < -0.4 is 0 Å². The van der Waals surface area contributed by atoms with Gasteiger partial charge in [-0.1, -0.05) is 48.5 Å². The maximum absolute atomic E-state index is 4.41. The Kier molecular flexibility index (Phi) is 4.64. The SMILES string of the molecule is C(=NCCN=Cc1nncc2ccccc12)c1nncc2ccccc12. The Morgan fingerprint density at radius 2 is 1.12 bits per heavy atom. The van der Waals surface area contributed by atoms with Crippen molar-refractivity contribution in [1.82, 2.24) is 20.4 Å². The summed E-state index contributed by atoms with van der Waals surface area (Å²) >= 11 is 0. The van der Waals surface area contributed by atoms with Crippen LogP contribution in [0.5, 0.6) is 0 Å². The molecule has 0 saturated heterocycles. The Morgan fingerprint density at radius 1 is 0.654 bits per heavy atom. The second-order valence-corrected chi connectivity index (χ2v) is 5.70. The van der Waals surface area contributed by atoms with E-state index in [4.69, 9.17) is 0 Å². The lowest BCUT2D eigenvalue weighted by molar-refractivity contribution is 0.974. The summed E-state index contributed by atoms with van der Waals surface area (Å²) in [6.07, 6.45) is 7.01. The lowest BCUT2D eigenvalue weighted by Crippen LogP contribution is -1.96. The minimum atomic E-state index is 0.569. The van der Waals surface area contributed by atoms with Crippen LogP contribution in [0.3, 0.4) is 0 Å². The highest BCUT2D eigenvalue weighted by Crippen LogP contribution is 2.14. The first-order valence-electron chi connectivity index (χ1n) is 8.32. The molecule has 0 unspecified atom stereocenters. The van der Waals surface area contributed by atoms with Crippen molar-refractivity contribution in [2.24, 2.45) is 9.98 Å². The predicted molar refractivity (Wildman–Crippen MR) is 104 cm³/mol. The van der Waals surface area contributed by atoms with E-state index in [1.165, 1.54) is 0 Å². The fourth-order valence-electron chi connectivity index (χ4n) is 2.71. The van der Waals surface area contributed by atoms with Gasteiger partial charge in [-0.25, -0.2) is 0 Å². The maximum atomic E-state index is 4.41. The summed E-state index contributed by atoms with van der Waals surface area (Å²) in [6.45, 7) is 1.14. The summed E-state index contributed by atoms with van der Waals surface area (Å²) in [7, 11) is 0. The number of rotatable bonds is 5. The van der Waals surface area contributed by atoms with Gasteiger partial charge in [0.1, 0.15) is 11.4 Å². The van der Waals surface area contributed by atoms with Crippen LogP contribution in [0.2, 0.25) is 0 Å². The summed E-state index contributed by atoms with van der Waals surface area (Å²) in [6, 6.07) is 16.0. The van der Waals surface area contributed by atoms with Gasteiger partial charge in [-0.2, -0.15) is 10.2 Å². The third kappa shape index (κ3) is 3.44. The molecular formula is C20H16N6. The van der Waals surface area contributed by atoms with Crippen molar-refractivity contribution in [3.05, 3.63) is 72.3 Å². The monoisotopic (exact) mass is 340 g/mol. The molecule has 4 aromatic rings. The Labute approximate surface area is 150 Å². The van der Waals surface area contributed by atoms with E-state index in [2.05, 4.69) is 30.4 Å². The zero-order valence-electron chi connectivity index (χ0n) is 14.0. The molecule has 0 aliphatic rings. The van der Waals surface area contributed by atoms with Gasteiger partial charge >= 0.3 is 0 Å². The van der Waals surface area contributed by atoms with Crippen molar-refractivity contribution >= 4 is 34.0 Å². The first-order chi connectivity index (χ1) is 12.9. The Bertz CT molecular complexity index is 1000. The van der Waals surface area contributed by atoms with Gasteiger partial charge in [0.25, 0.3) is 0 Å². The number of aliphatic imine (C=N–C) groups is 2. The zero-order chi connectivity index (χ0) is 17.6. The highest BCUT2D eigenvalue weighted by Gasteiger charge is 2.00. The summed E-state index contributed by atoms with van der Waals surface area (Å²) in [5.41, 5.74) is 1.54. The van der Waals surface area contributed by atoms with E-state index >= 15 is 0 Å². The van der Waals surface area contributed by atoms with Crippen LogP contribution >= 0.6 is 0 Å². The number of benzene rings is 2. The Hall–Kier alpha value is -3.54. The normalized spacial score (nSPS) is 11.8. The van der Waals surface area contributed by atoms with E-state index in [1.54, 1.807) is 24.8 Å². The molecule has 0 N–H and O–H groups in total. The van der Waals surface area contributed by atoms with Gasteiger partial charge < -0.3 is 0 Å². The lowest BCUT2D eigenvalue weighted by Gasteiger charge is -1.99. The topological polar surface area (TPSA) is 76.3 Å². The molecule has 0 aliphatic carbocycles. The average molecular weight is 340 g/mol. The number of hydrogen-bond acceptors (Lipinski definition) is 6. The molecule has 126 valence electrons. The molecule has 4 rings (SSSR count). The van der Waals surface area contributed by atoms with Crippen molar-refractivity contribution in [1.29, 1.82) is 0 Å². The molecule has 0 aliphatic heterocycles. The molecular weight excluding hydrogens is 324 g/mol. The molecule has 2 aromatic heterocycles. The maximum Gasteiger partial charge on any atom is 0.111 e. The fraction of sp³-hybridized carbons (Fsp3) is 0.100. The van der Waals surface area contributed by atoms with E-state index in [1.807, 2.05) is 48.5 Å². The molecule has 0 amide bonds. The third-order valence-corrected chi connectivity index (χ3v) is 3.98. The van der Waals surface area contributed by atoms with Crippen LogP contribution in [0.15, 0.2) is 70.9 Å². The molecule has 26 heavy (non-hydrogen) atoms. The van der Waals surface area contributed by atoms with Crippen molar-refractivity contribution in [3.8, 4) is 0 Å². The smallest absolute Gasteiger partial charge is 0.111 e. The van der Waals surface area contributed by atoms with Crippen LogP contribution in [0.1, 0.15) is 11.4 Å². The minimum Gasteiger partial charge on any atom is -0.289 e. The van der Waals surface area contributed by atoms with E-state index in [0.717, 1.165) is 32.9 Å². The van der Waals surface area contributed by atoms with Gasteiger partial charge in [-0.15, -0.1) is 10.2 Å². The van der Waals surface area contributed by atoms with Crippen LogP contribution in [-0.4, -0.2) is 45.9 Å². The minimum absolute atomic E-state index is 0.569. The van der Waals surface area contributed by atoms with E-state index < -0.39 is 0 Å². The predicted octanol–water partition coefficient (Wildman–Crippen LogP) is 3.11. The van der Waals surface area contributed by atoms with Gasteiger partial charge in [0.05, 0.1) is 25.5 Å². The molecule has 0 atom stereocenters. The van der Waals surface area contributed by atoms with Crippen LogP contribution in [0, 0.1) is 0 Å². The molecule has 0 radical (unpaired) electrons. The highest BCUT2D eigenvalue weighted by molar-refractivity contribution is 5.98. The van der Waals surface area contributed by atoms with Crippen molar-refractivity contribution in [2.45, 2.75) is 0 Å². The van der Waals surface area contributed by atoms with Gasteiger partial charge in [-0.05, 0) is 0 Å². The fourth-order valence-corrected chi connectivity index (χ4v) is 2.71. The van der Waals surface area contributed by atoms with Gasteiger partial charge in [0, 0.05) is 34.0 Å². The average Bonchev–Trinajstić information content (AvgIpc) is 2.71. The first-order valence-corrected chi connectivity index (χ1v) is 8.32. The van der Waals surface area contributed by atoms with E-state index in [-0.39, 0.29) is 0 Å². The Balaban J connectivity index is 1.42. The van der Waals surface area contributed by atoms with Crippen molar-refractivity contribution < 1.29 is 0 Å². The molecule has 2 heterocycles. The number of hydrogen-bond donors (Lipinski definition) is 0. The first kappa shape index (κ1) is 16.0. The van der Waals surface area contributed by atoms with Crippen LogP contribution in [0.4, 0.5) is 0 Å². The summed E-state index contributed by atoms with van der Waals surface area (Å²) in [4.78, 5) is 8.82. The van der Waals surface area contributed by atoms with Gasteiger partial charge in [-0.3, -0.25) is 9.98 Å². The molecule has 2 aromatic carbocycles.